The van der Waals surface area contributed by atoms with Gasteiger partial charge >= 0.3 is 0 Å². The molecule has 4 rings (SSSR count). The summed E-state index contributed by atoms with van der Waals surface area (Å²) in [5.74, 6) is -0.0575. The minimum atomic E-state index is -0.438. The summed E-state index contributed by atoms with van der Waals surface area (Å²) in [5.41, 5.74) is 2.60. The Bertz CT molecular complexity index is 912. The molecule has 2 aromatic carbocycles. The lowest BCUT2D eigenvalue weighted by atomic mass is 9.97. The van der Waals surface area contributed by atoms with Crippen LogP contribution in [0.5, 0.6) is 0 Å². The fraction of sp³-hybridized carbons (Fsp3) is 0.273. The van der Waals surface area contributed by atoms with Crippen LogP contribution in [-0.4, -0.2) is 51.6 Å². The number of benzene rings is 2. The van der Waals surface area contributed by atoms with Crippen LogP contribution in [0.1, 0.15) is 27.5 Å². The fourth-order valence-electron chi connectivity index (χ4n) is 3.71. The van der Waals surface area contributed by atoms with Crippen LogP contribution in [0.3, 0.4) is 0 Å². The van der Waals surface area contributed by atoms with E-state index in [0.29, 0.717) is 25.3 Å². The molecule has 6 nitrogen and oxygen atoms in total. The van der Waals surface area contributed by atoms with Crippen LogP contribution in [0.25, 0.3) is 0 Å². The quantitative estimate of drug-likeness (QED) is 0.742. The van der Waals surface area contributed by atoms with Gasteiger partial charge in [-0.25, -0.2) is 0 Å². The molecule has 0 bridgehead atoms. The summed E-state index contributed by atoms with van der Waals surface area (Å²) in [6, 6.07) is 18.9. The number of aromatic nitrogens is 2. The minimum Gasteiger partial charge on any atom is -0.394 e. The number of aliphatic hydroxyl groups excluding tert-OH is 1. The Morgan fingerprint density at radius 1 is 1.14 bits per heavy atom. The summed E-state index contributed by atoms with van der Waals surface area (Å²) in [6.07, 6.45) is 3.20. The lowest BCUT2D eigenvalue weighted by molar-refractivity contribution is -0.0811. The highest BCUT2D eigenvalue weighted by Gasteiger charge is 2.36. The van der Waals surface area contributed by atoms with Crippen LogP contribution in [0.4, 0.5) is 0 Å². The van der Waals surface area contributed by atoms with Gasteiger partial charge in [-0.15, -0.1) is 0 Å². The van der Waals surface area contributed by atoms with Gasteiger partial charge in [0.1, 0.15) is 6.10 Å². The van der Waals surface area contributed by atoms with E-state index in [1.807, 2.05) is 76.4 Å². The zero-order valence-electron chi connectivity index (χ0n) is 15.5. The molecule has 1 saturated heterocycles. The van der Waals surface area contributed by atoms with Gasteiger partial charge in [-0.2, -0.15) is 5.10 Å². The second kappa shape index (κ2) is 8.37. The van der Waals surface area contributed by atoms with Gasteiger partial charge in [0.2, 0.25) is 0 Å². The number of morpholine rings is 1. The van der Waals surface area contributed by atoms with Gasteiger partial charge in [0.15, 0.2) is 0 Å². The zero-order chi connectivity index (χ0) is 19.3. The largest absolute Gasteiger partial charge is 0.394 e. The molecule has 1 aliphatic heterocycles. The van der Waals surface area contributed by atoms with Crippen molar-refractivity contribution >= 4 is 5.91 Å². The van der Waals surface area contributed by atoms with Crippen molar-refractivity contribution in [2.45, 2.75) is 18.7 Å². The third kappa shape index (κ3) is 3.83. The summed E-state index contributed by atoms with van der Waals surface area (Å²) in [5, 5.41) is 14.0. The van der Waals surface area contributed by atoms with Crippen LogP contribution >= 0.6 is 0 Å². The van der Waals surface area contributed by atoms with Crippen molar-refractivity contribution in [1.82, 2.24) is 14.7 Å². The molecule has 1 aliphatic rings. The van der Waals surface area contributed by atoms with Crippen molar-refractivity contribution in [3.8, 4) is 0 Å². The SMILES string of the molecule is O=C(c1cccc(Cn2cccn2)c1)N1CCO[C@@H](CO)[C@@H]1c1ccccc1. The Kier molecular flexibility index (Phi) is 5.50. The lowest BCUT2D eigenvalue weighted by Crippen LogP contribution is -2.49. The van der Waals surface area contributed by atoms with E-state index in [1.54, 1.807) is 6.20 Å². The average Bonchev–Trinajstić information content (AvgIpc) is 3.26. The van der Waals surface area contributed by atoms with Gasteiger partial charge in [-0.1, -0.05) is 42.5 Å². The molecule has 144 valence electrons. The molecule has 0 aliphatic carbocycles. The first-order valence-electron chi connectivity index (χ1n) is 9.41. The number of carbonyl (C=O) groups excluding carboxylic acids is 1. The molecular weight excluding hydrogens is 354 g/mol. The van der Waals surface area contributed by atoms with E-state index in [1.165, 1.54) is 0 Å². The summed E-state index contributed by atoms with van der Waals surface area (Å²) < 4.78 is 7.58. The number of hydrogen-bond donors (Lipinski definition) is 1. The summed E-state index contributed by atoms with van der Waals surface area (Å²) >= 11 is 0. The molecule has 0 spiro atoms. The summed E-state index contributed by atoms with van der Waals surface area (Å²) in [7, 11) is 0. The predicted octanol–water partition coefficient (Wildman–Crippen LogP) is 2.51. The summed E-state index contributed by atoms with van der Waals surface area (Å²) in [4.78, 5) is 15.2. The lowest BCUT2D eigenvalue weighted by Gasteiger charge is -2.41. The number of nitrogens with zero attached hydrogens (tertiary/aromatic N) is 3. The molecule has 3 aromatic rings. The minimum absolute atomic E-state index is 0.0575. The third-order valence-corrected chi connectivity index (χ3v) is 5.01. The standard InChI is InChI=1S/C22H23N3O3/c26-16-20-21(18-7-2-1-3-8-18)25(12-13-28-20)22(27)19-9-4-6-17(14-19)15-24-11-5-10-23-24/h1-11,14,20-21,26H,12-13,15-16H2/t20-,21-/m0/s1. The third-order valence-electron chi connectivity index (χ3n) is 5.01. The molecule has 0 saturated carbocycles. The van der Waals surface area contributed by atoms with Crippen LogP contribution in [-0.2, 0) is 11.3 Å². The maximum absolute atomic E-state index is 13.4. The molecule has 1 aromatic heterocycles. The van der Waals surface area contributed by atoms with E-state index in [-0.39, 0.29) is 18.6 Å². The maximum Gasteiger partial charge on any atom is 0.254 e. The van der Waals surface area contributed by atoms with Crippen LogP contribution in [0, 0.1) is 0 Å². The van der Waals surface area contributed by atoms with Crippen molar-refractivity contribution in [3.05, 3.63) is 89.7 Å². The Hall–Kier alpha value is -2.96. The first-order chi connectivity index (χ1) is 13.8. The van der Waals surface area contributed by atoms with E-state index in [9.17, 15) is 9.90 Å². The highest BCUT2D eigenvalue weighted by atomic mass is 16.5. The molecule has 1 fully saturated rings. The van der Waals surface area contributed by atoms with E-state index in [4.69, 9.17) is 4.74 Å². The van der Waals surface area contributed by atoms with Gasteiger partial charge in [0.25, 0.3) is 5.91 Å². The monoisotopic (exact) mass is 377 g/mol. The number of amides is 1. The Morgan fingerprint density at radius 2 is 2.00 bits per heavy atom. The number of carbonyl (C=O) groups is 1. The van der Waals surface area contributed by atoms with Crippen LogP contribution < -0.4 is 0 Å². The van der Waals surface area contributed by atoms with Gasteiger partial charge in [0.05, 0.1) is 25.8 Å². The summed E-state index contributed by atoms with van der Waals surface area (Å²) in [6.45, 7) is 1.37. The van der Waals surface area contributed by atoms with Crippen molar-refractivity contribution < 1.29 is 14.6 Å². The molecule has 28 heavy (non-hydrogen) atoms. The molecule has 2 heterocycles. The van der Waals surface area contributed by atoms with E-state index < -0.39 is 6.10 Å². The molecule has 0 radical (unpaired) electrons. The van der Waals surface area contributed by atoms with Gasteiger partial charge in [-0.05, 0) is 29.3 Å². The van der Waals surface area contributed by atoms with Crippen LogP contribution in [0.2, 0.25) is 0 Å². The maximum atomic E-state index is 13.4. The molecule has 1 N–H and O–H groups in total. The first kappa shape index (κ1) is 18.4. The van der Waals surface area contributed by atoms with E-state index in [2.05, 4.69) is 5.10 Å². The highest BCUT2D eigenvalue weighted by molar-refractivity contribution is 5.94. The molecule has 0 unspecified atom stereocenters. The Balaban J connectivity index is 1.62. The number of rotatable bonds is 5. The molecule has 2 atom stereocenters. The number of aliphatic hydroxyl groups is 1. The Labute approximate surface area is 164 Å². The second-order valence-corrected chi connectivity index (χ2v) is 6.85. The van der Waals surface area contributed by atoms with Crippen molar-refractivity contribution in [2.24, 2.45) is 0 Å². The smallest absolute Gasteiger partial charge is 0.254 e. The van der Waals surface area contributed by atoms with Crippen molar-refractivity contribution in [1.29, 1.82) is 0 Å². The van der Waals surface area contributed by atoms with E-state index in [0.717, 1.165) is 11.1 Å². The second-order valence-electron chi connectivity index (χ2n) is 6.85. The normalized spacial score (nSPS) is 19.5. The Morgan fingerprint density at radius 3 is 2.75 bits per heavy atom. The molecule has 1 amide bonds. The topological polar surface area (TPSA) is 67.6 Å². The van der Waals surface area contributed by atoms with Gasteiger partial charge in [0, 0.05) is 24.5 Å². The number of hydrogen-bond acceptors (Lipinski definition) is 4. The molecule has 6 heteroatoms. The van der Waals surface area contributed by atoms with Gasteiger partial charge in [-0.3, -0.25) is 9.48 Å². The predicted molar refractivity (Wildman–Crippen MR) is 105 cm³/mol. The van der Waals surface area contributed by atoms with Crippen LogP contribution in [0.15, 0.2) is 73.1 Å². The average molecular weight is 377 g/mol. The fourth-order valence-corrected chi connectivity index (χ4v) is 3.71. The molecular formula is C22H23N3O3. The number of ether oxygens (including phenoxy) is 1. The highest BCUT2D eigenvalue weighted by Crippen LogP contribution is 2.31. The van der Waals surface area contributed by atoms with E-state index >= 15 is 0 Å². The first-order valence-corrected chi connectivity index (χ1v) is 9.41. The zero-order valence-corrected chi connectivity index (χ0v) is 15.5. The van der Waals surface area contributed by atoms with Crippen molar-refractivity contribution in [2.75, 3.05) is 19.8 Å². The van der Waals surface area contributed by atoms with Crippen molar-refractivity contribution in [3.63, 3.8) is 0 Å². The van der Waals surface area contributed by atoms with Gasteiger partial charge < -0.3 is 14.7 Å².